The number of phenols is 2. The molecule has 0 radical (unpaired) electrons. The minimum Gasteiger partial charge on any atom is -0.507 e. The van der Waals surface area contributed by atoms with Crippen LogP contribution in [0, 0.1) is 0 Å². The highest BCUT2D eigenvalue weighted by Gasteiger charge is 2.25. The second-order valence-corrected chi connectivity index (χ2v) is 5.57. The van der Waals surface area contributed by atoms with Crippen molar-refractivity contribution in [2.45, 2.75) is 38.6 Å². The molecule has 0 bridgehead atoms. The third kappa shape index (κ3) is 3.88. The summed E-state index contributed by atoms with van der Waals surface area (Å²) < 4.78 is 0. The lowest BCUT2D eigenvalue weighted by atomic mass is 10.1. The summed E-state index contributed by atoms with van der Waals surface area (Å²) in [6.45, 7) is 4.32. The summed E-state index contributed by atoms with van der Waals surface area (Å²) in [5.74, 6) is -0.630. The molecule has 5 nitrogen and oxygen atoms in total. The minimum atomic E-state index is -0.298. The normalized spacial score (nSPS) is 17.9. The van der Waals surface area contributed by atoms with Crippen molar-refractivity contribution in [1.29, 1.82) is 0 Å². The number of hydrogen-bond acceptors (Lipinski definition) is 4. The van der Waals surface area contributed by atoms with E-state index in [0.29, 0.717) is 19.1 Å². The Kier molecular flexibility index (Phi) is 5.44. The summed E-state index contributed by atoms with van der Waals surface area (Å²) in [5, 5.41) is 23.1. The molecule has 1 aliphatic rings. The van der Waals surface area contributed by atoms with E-state index in [1.54, 1.807) is 4.90 Å². The highest BCUT2D eigenvalue weighted by Crippen LogP contribution is 2.28. The third-order valence-corrected chi connectivity index (χ3v) is 3.91. The number of aromatic hydroxyl groups is 2. The Morgan fingerprint density at radius 1 is 1.38 bits per heavy atom. The van der Waals surface area contributed by atoms with E-state index in [-0.39, 0.29) is 23.0 Å². The molecule has 1 heterocycles. The highest BCUT2D eigenvalue weighted by molar-refractivity contribution is 5.99. The molecule has 116 valence electrons. The van der Waals surface area contributed by atoms with Crippen molar-refractivity contribution in [3.8, 4) is 11.5 Å². The molecule has 1 atom stereocenters. The quantitative estimate of drug-likeness (QED) is 0.750. The Hall–Kier alpha value is -1.75. The first kappa shape index (κ1) is 15.6. The lowest BCUT2D eigenvalue weighted by Gasteiger charge is -2.26. The number of carbonyl (C=O) groups is 1. The fourth-order valence-electron chi connectivity index (χ4n) is 2.71. The minimum absolute atomic E-state index is 0.00611. The summed E-state index contributed by atoms with van der Waals surface area (Å²) in [7, 11) is 0. The van der Waals surface area contributed by atoms with Crippen LogP contribution in [0.5, 0.6) is 11.5 Å². The number of benzene rings is 1. The molecule has 2 rings (SSSR count). The molecule has 3 N–H and O–H groups in total. The summed E-state index contributed by atoms with van der Waals surface area (Å²) in [6, 6.07) is 4.69. The second kappa shape index (κ2) is 7.31. The summed E-state index contributed by atoms with van der Waals surface area (Å²) in [5.41, 5.74) is 0.00611. The lowest BCUT2D eigenvalue weighted by Crippen LogP contribution is -2.41. The number of unbranched alkanes of at least 4 members (excludes halogenated alkanes) is 1. The third-order valence-electron chi connectivity index (χ3n) is 3.91. The Balaban J connectivity index is 2.16. The van der Waals surface area contributed by atoms with Crippen LogP contribution in [0.3, 0.4) is 0 Å². The van der Waals surface area contributed by atoms with Crippen molar-refractivity contribution in [2.75, 3.05) is 19.6 Å². The van der Waals surface area contributed by atoms with Crippen molar-refractivity contribution in [2.24, 2.45) is 0 Å². The molecule has 1 saturated heterocycles. The van der Waals surface area contributed by atoms with Crippen LogP contribution in [0.15, 0.2) is 18.2 Å². The number of carbonyl (C=O) groups excluding carboxylic acids is 1. The van der Waals surface area contributed by atoms with Crippen molar-refractivity contribution in [3.05, 3.63) is 23.8 Å². The number of nitrogens with one attached hydrogen (secondary N) is 1. The summed E-state index contributed by atoms with van der Waals surface area (Å²) in [6.07, 6.45) is 4.09. The van der Waals surface area contributed by atoms with Gasteiger partial charge in [-0.25, -0.2) is 0 Å². The molecule has 1 amide bonds. The molecule has 0 spiro atoms. The first-order valence-corrected chi connectivity index (χ1v) is 7.67. The molecule has 21 heavy (non-hydrogen) atoms. The molecule has 0 aliphatic carbocycles. The molecular weight excluding hydrogens is 268 g/mol. The fraction of sp³-hybridized carbons (Fsp3) is 0.562. The van der Waals surface area contributed by atoms with Crippen molar-refractivity contribution in [1.82, 2.24) is 10.2 Å². The van der Waals surface area contributed by atoms with E-state index >= 15 is 0 Å². The van der Waals surface area contributed by atoms with Gasteiger partial charge >= 0.3 is 0 Å². The zero-order valence-corrected chi connectivity index (χ0v) is 12.5. The van der Waals surface area contributed by atoms with Crippen LogP contribution < -0.4 is 5.32 Å². The van der Waals surface area contributed by atoms with Crippen molar-refractivity contribution >= 4 is 5.91 Å². The maximum absolute atomic E-state index is 12.7. The van der Waals surface area contributed by atoms with Crippen LogP contribution in [0.1, 0.15) is 43.0 Å². The Bertz CT molecular complexity index is 464. The zero-order chi connectivity index (χ0) is 15.2. The largest absolute Gasteiger partial charge is 0.507 e. The van der Waals surface area contributed by atoms with Crippen molar-refractivity contribution in [3.63, 3.8) is 0 Å². The second-order valence-electron chi connectivity index (χ2n) is 5.57. The molecule has 1 aromatic carbocycles. The van der Waals surface area contributed by atoms with Gasteiger partial charge in [0.15, 0.2) is 0 Å². The van der Waals surface area contributed by atoms with Gasteiger partial charge in [-0.3, -0.25) is 4.79 Å². The lowest BCUT2D eigenvalue weighted by molar-refractivity contribution is 0.0733. The van der Waals surface area contributed by atoms with E-state index in [0.717, 1.165) is 32.2 Å². The van der Waals surface area contributed by atoms with Gasteiger partial charge in [0.25, 0.3) is 5.91 Å². The van der Waals surface area contributed by atoms with Gasteiger partial charge in [0, 0.05) is 19.1 Å². The highest BCUT2D eigenvalue weighted by atomic mass is 16.3. The van der Waals surface area contributed by atoms with Gasteiger partial charge in [-0.05, 0) is 37.9 Å². The predicted molar refractivity (Wildman–Crippen MR) is 81.6 cm³/mol. The summed E-state index contributed by atoms with van der Waals surface area (Å²) in [4.78, 5) is 14.4. The standard InChI is InChI=1S/C16H24N2O3/c1-2-3-10-18(11-12-6-5-9-17-12)16(21)15-13(19)7-4-8-14(15)20/h4,7-8,12,17,19-20H,2-3,5-6,9-11H2,1H3. The molecule has 0 saturated carbocycles. The SMILES string of the molecule is CCCCN(CC1CCCN1)C(=O)c1c(O)cccc1O. The first-order valence-electron chi connectivity index (χ1n) is 7.67. The van der Waals surface area contributed by atoms with E-state index in [9.17, 15) is 15.0 Å². The topological polar surface area (TPSA) is 72.8 Å². The number of phenolic OH excluding ortho intramolecular Hbond substituents is 2. The number of rotatable bonds is 6. The monoisotopic (exact) mass is 292 g/mol. The maximum atomic E-state index is 12.7. The van der Waals surface area contributed by atoms with Gasteiger partial charge in [-0.1, -0.05) is 19.4 Å². The predicted octanol–water partition coefficient (Wildman–Crippen LogP) is 2.09. The van der Waals surface area contributed by atoms with E-state index < -0.39 is 0 Å². The Morgan fingerprint density at radius 2 is 2.10 bits per heavy atom. The molecule has 5 heteroatoms. The van der Waals surface area contributed by atoms with E-state index in [1.165, 1.54) is 18.2 Å². The van der Waals surface area contributed by atoms with Crippen LogP contribution >= 0.6 is 0 Å². The first-order chi connectivity index (χ1) is 10.1. The molecule has 1 aliphatic heterocycles. The number of amides is 1. The number of hydrogen-bond donors (Lipinski definition) is 3. The average Bonchev–Trinajstić information content (AvgIpc) is 2.96. The fourth-order valence-corrected chi connectivity index (χ4v) is 2.71. The van der Waals surface area contributed by atoms with Crippen molar-refractivity contribution < 1.29 is 15.0 Å². The molecule has 0 aromatic heterocycles. The molecular formula is C16H24N2O3. The van der Waals surface area contributed by atoms with Gasteiger partial charge in [0.05, 0.1) is 0 Å². The van der Waals surface area contributed by atoms with Crippen LogP contribution in [0.4, 0.5) is 0 Å². The Morgan fingerprint density at radius 3 is 2.67 bits per heavy atom. The van der Waals surface area contributed by atoms with Crippen LogP contribution in [0.25, 0.3) is 0 Å². The van der Waals surface area contributed by atoms with Gasteiger partial charge in [-0.15, -0.1) is 0 Å². The van der Waals surface area contributed by atoms with Gasteiger partial charge in [0.2, 0.25) is 0 Å². The van der Waals surface area contributed by atoms with E-state index in [4.69, 9.17) is 0 Å². The summed E-state index contributed by atoms with van der Waals surface area (Å²) >= 11 is 0. The maximum Gasteiger partial charge on any atom is 0.261 e. The number of nitrogens with zero attached hydrogens (tertiary/aromatic N) is 1. The van der Waals surface area contributed by atoms with E-state index in [2.05, 4.69) is 12.2 Å². The average molecular weight is 292 g/mol. The van der Waals surface area contributed by atoms with Crippen LogP contribution in [-0.4, -0.2) is 46.7 Å². The van der Waals surface area contributed by atoms with E-state index in [1.807, 2.05) is 0 Å². The smallest absolute Gasteiger partial charge is 0.261 e. The van der Waals surface area contributed by atoms with Gasteiger partial charge in [0.1, 0.15) is 17.1 Å². The molecule has 1 unspecified atom stereocenters. The molecule has 1 fully saturated rings. The van der Waals surface area contributed by atoms with Gasteiger partial charge < -0.3 is 20.4 Å². The van der Waals surface area contributed by atoms with Gasteiger partial charge in [-0.2, -0.15) is 0 Å². The van der Waals surface area contributed by atoms with Crippen LogP contribution in [0.2, 0.25) is 0 Å². The Labute approximate surface area is 125 Å². The molecule has 1 aromatic rings. The zero-order valence-electron chi connectivity index (χ0n) is 12.5. The van der Waals surface area contributed by atoms with Crippen LogP contribution in [-0.2, 0) is 0 Å².